The molecule has 0 aromatic carbocycles. The van der Waals surface area contributed by atoms with Gasteiger partial charge in [0.15, 0.2) is 0 Å². The van der Waals surface area contributed by atoms with Gasteiger partial charge in [0.25, 0.3) is 0 Å². The van der Waals surface area contributed by atoms with Crippen molar-refractivity contribution in [1.29, 1.82) is 0 Å². The maximum absolute atomic E-state index is 11.5. The quantitative estimate of drug-likeness (QED) is 0.519. The number of ether oxygens (including phenoxy) is 1. The summed E-state index contributed by atoms with van der Waals surface area (Å²) < 4.78 is 30.6. The largest absolute Gasteiger partial charge is 0.381 e. The Morgan fingerprint density at radius 3 is 2.67 bits per heavy atom. The van der Waals surface area contributed by atoms with Gasteiger partial charge >= 0.3 is 0 Å². The second-order valence-electron chi connectivity index (χ2n) is 3.37. The Bertz CT molecular complexity index is 244. The van der Waals surface area contributed by atoms with E-state index in [2.05, 4.69) is 20.7 Å². The van der Waals surface area contributed by atoms with Gasteiger partial charge in [-0.2, -0.15) is 0 Å². The minimum absolute atomic E-state index is 0.00539. The van der Waals surface area contributed by atoms with Crippen molar-refractivity contribution in [3.8, 4) is 0 Å². The maximum Gasteiger partial charge on any atom is 0.214 e. The van der Waals surface area contributed by atoms with Crippen LogP contribution in [0.5, 0.6) is 0 Å². The van der Waals surface area contributed by atoms with Crippen LogP contribution in [-0.4, -0.2) is 38.8 Å². The summed E-state index contributed by atoms with van der Waals surface area (Å²) in [4.78, 5) is 0. The fourth-order valence-corrected chi connectivity index (χ4v) is 2.63. The molecule has 1 unspecified atom stereocenters. The summed E-state index contributed by atoms with van der Waals surface area (Å²) in [5.74, 6) is 0.0412. The third kappa shape index (κ3) is 9.29. The van der Waals surface area contributed by atoms with Crippen LogP contribution in [0.2, 0.25) is 0 Å². The first-order chi connectivity index (χ1) is 7.02. The van der Waals surface area contributed by atoms with E-state index in [9.17, 15) is 8.42 Å². The first kappa shape index (κ1) is 15.3. The first-order valence-corrected chi connectivity index (χ1v) is 7.93. The molecule has 0 bridgehead atoms. The summed E-state index contributed by atoms with van der Waals surface area (Å²) in [7, 11) is -3.17. The molecule has 0 radical (unpaired) electrons. The number of nitrogens with one attached hydrogen (secondary N) is 1. The Balaban J connectivity index is 3.81. The summed E-state index contributed by atoms with van der Waals surface area (Å²) in [5.41, 5.74) is 0. The van der Waals surface area contributed by atoms with Gasteiger partial charge in [-0.1, -0.05) is 15.9 Å². The van der Waals surface area contributed by atoms with Crippen molar-refractivity contribution in [2.75, 3.05) is 24.3 Å². The van der Waals surface area contributed by atoms with Crippen LogP contribution >= 0.6 is 15.9 Å². The normalized spacial score (nSPS) is 14.1. The number of halogens is 1. The van der Waals surface area contributed by atoms with Crippen LogP contribution < -0.4 is 4.72 Å². The molecule has 15 heavy (non-hydrogen) atoms. The zero-order chi connectivity index (χ0) is 11.7. The highest BCUT2D eigenvalue weighted by Gasteiger charge is 2.13. The van der Waals surface area contributed by atoms with Gasteiger partial charge in [-0.25, -0.2) is 13.1 Å². The third-order valence-corrected chi connectivity index (χ3v) is 3.88. The van der Waals surface area contributed by atoms with Gasteiger partial charge in [-0.15, -0.1) is 0 Å². The molecule has 0 spiro atoms. The maximum atomic E-state index is 11.5. The molecule has 0 aliphatic heterocycles. The topological polar surface area (TPSA) is 55.4 Å². The molecule has 4 nitrogen and oxygen atoms in total. The molecule has 0 aromatic rings. The van der Waals surface area contributed by atoms with Crippen molar-refractivity contribution in [3.63, 3.8) is 0 Å². The predicted molar refractivity (Wildman–Crippen MR) is 65.9 cm³/mol. The van der Waals surface area contributed by atoms with Gasteiger partial charge in [0.1, 0.15) is 0 Å². The molecule has 0 amide bonds. The van der Waals surface area contributed by atoms with Gasteiger partial charge in [-0.3, -0.25) is 0 Å². The highest BCUT2D eigenvalue weighted by Crippen LogP contribution is 2.01. The standard InChI is InChI=1S/C9H20BrNO3S/c1-3-14-7-8-15(12,13)11-9(2)5-4-6-10/h9,11H,3-8H2,1-2H3. The lowest BCUT2D eigenvalue weighted by molar-refractivity contribution is 0.163. The van der Waals surface area contributed by atoms with Crippen molar-refractivity contribution in [2.24, 2.45) is 0 Å². The Morgan fingerprint density at radius 2 is 2.13 bits per heavy atom. The third-order valence-electron chi connectivity index (χ3n) is 1.85. The fourth-order valence-electron chi connectivity index (χ4n) is 1.12. The summed E-state index contributed by atoms with van der Waals surface area (Å²) in [5, 5.41) is 0.901. The Hall–Kier alpha value is 0.350. The van der Waals surface area contributed by atoms with Crippen molar-refractivity contribution in [2.45, 2.75) is 32.7 Å². The highest BCUT2D eigenvalue weighted by molar-refractivity contribution is 9.09. The molecule has 92 valence electrons. The number of rotatable bonds is 9. The Kier molecular flexibility index (Phi) is 8.69. The molecular weight excluding hydrogens is 282 g/mol. The molecule has 1 N–H and O–H groups in total. The van der Waals surface area contributed by atoms with Gasteiger partial charge in [0.2, 0.25) is 10.0 Å². The van der Waals surface area contributed by atoms with E-state index in [0.717, 1.165) is 18.2 Å². The summed E-state index contributed by atoms with van der Waals surface area (Å²) in [6.45, 7) is 4.53. The fraction of sp³-hybridized carbons (Fsp3) is 1.00. The molecule has 1 atom stereocenters. The van der Waals surface area contributed by atoms with E-state index in [-0.39, 0.29) is 18.4 Å². The number of sulfonamides is 1. The van der Waals surface area contributed by atoms with E-state index in [1.165, 1.54) is 0 Å². The highest BCUT2D eigenvalue weighted by atomic mass is 79.9. The lowest BCUT2D eigenvalue weighted by Gasteiger charge is -2.13. The molecule has 0 saturated heterocycles. The lowest BCUT2D eigenvalue weighted by Crippen LogP contribution is -2.35. The van der Waals surface area contributed by atoms with E-state index >= 15 is 0 Å². The zero-order valence-electron chi connectivity index (χ0n) is 9.33. The van der Waals surface area contributed by atoms with E-state index in [1.807, 2.05) is 13.8 Å². The van der Waals surface area contributed by atoms with Crippen molar-refractivity contribution in [1.82, 2.24) is 4.72 Å². The molecule has 0 aromatic heterocycles. The summed E-state index contributed by atoms with van der Waals surface area (Å²) in [6, 6.07) is -0.00539. The Morgan fingerprint density at radius 1 is 1.47 bits per heavy atom. The Labute approximate surface area is 101 Å². The van der Waals surface area contributed by atoms with Crippen molar-refractivity contribution in [3.05, 3.63) is 0 Å². The van der Waals surface area contributed by atoms with Crippen LogP contribution in [0.15, 0.2) is 0 Å². The van der Waals surface area contributed by atoms with Crippen LogP contribution in [0.4, 0.5) is 0 Å². The van der Waals surface area contributed by atoms with Gasteiger partial charge in [0, 0.05) is 18.0 Å². The van der Waals surface area contributed by atoms with E-state index in [1.54, 1.807) is 0 Å². The van der Waals surface area contributed by atoms with Crippen molar-refractivity contribution >= 4 is 26.0 Å². The summed E-state index contributed by atoms with van der Waals surface area (Å²) >= 11 is 3.31. The average molecular weight is 302 g/mol. The second-order valence-corrected chi connectivity index (χ2v) is 6.03. The molecule has 0 saturated carbocycles. The van der Waals surface area contributed by atoms with Crippen LogP contribution in [0.3, 0.4) is 0 Å². The monoisotopic (exact) mass is 301 g/mol. The minimum atomic E-state index is -3.17. The SMILES string of the molecule is CCOCCS(=O)(=O)NC(C)CCCBr. The second kappa shape index (κ2) is 8.50. The van der Waals surface area contributed by atoms with Crippen LogP contribution in [-0.2, 0) is 14.8 Å². The molecular formula is C9H20BrNO3S. The van der Waals surface area contributed by atoms with E-state index < -0.39 is 10.0 Å². The van der Waals surface area contributed by atoms with Crippen molar-refractivity contribution < 1.29 is 13.2 Å². The molecule has 0 heterocycles. The van der Waals surface area contributed by atoms with Gasteiger partial charge in [0.05, 0.1) is 12.4 Å². The van der Waals surface area contributed by atoms with E-state index in [0.29, 0.717) is 6.61 Å². The number of hydrogen-bond acceptors (Lipinski definition) is 3. The predicted octanol–water partition coefficient (Wildman–Crippen LogP) is 1.51. The molecule has 0 aliphatic rings. The van der Waals surface area contributed by atoms with Gasteiger partial charge < -0.3 is 4.74 Å². The van der Waals surface area contributed by atoms with Crippen LogP contribution in [0.25, 0.3) is 0 Å². The zero-order valence-corrected chi connectivity index (χ0v) is 11.7. The smallest absolute Gasteiger partial charge is 0.214 e. The minimum Gasteiger partial charge on any atom is -0.381 e. The van der Waals surface area contributed by atoms with E-state index in [4.69, 9.17) is 4.74 Å². The van der Waals surface area contributed by atoms with Crippen LogP contribution in [0, 0.1) is 0 Å². The number of alkyl halides is 1. The molecule has 0 fully saturated rings. The molecule has 6 heteroatoms. The summed E-state index contributed by atoms with van der Waals surface area (Å²) in [6.07, 6.45) is 1.81. The van der Waals surface area contributed by atoms with Gasteiger partial charge in [-0.05, 0) is 26.7 Å². The molecule has 0 rings (SSSR count). The molecule has 0 aliphatic carbocycles. The first-order valence-electron chi connectivity index (χ1n) is 5.15. The average Bonchev–Trinajstić information content (AvgIpc) is 2.14. The lowest BCUT2D eigenvalue weighted by atomic mass is 10.2. The number of hydrogen-bond donors (Lipinski definition) is 1. The van der Waals surface area contributed by atoms with Crippen LogP contribution in [0.1, 0.15) is 26.7 Å².